The lowest BCUT2D eigenvalue weighted by molar-refractivity contribution is 0.291. The SMILES string of the molecule is CC(C)C(C)(C)[SiH2]OCCCCCCCBr. The summed E-state index contributed by atoms with van der Waals surface area (Å²) in [5.41, 5.74) is 0. The molecular formula is C13H29BrOSi. The number of alkyl halides is 1. The van der Waals surface area contributed by atoms with Crippen molar-refractivity contribution in [2.45, 2.75) is 64.8 Å². The first kappa shape index (κ1) is 16.7. The second kappa shape index (κ2) is 9.66. The van der Waals surface area contributed by atoms with Crippen LogP contribution < -0.4 is 0 Å². The van der Waals surface area contributed by atoms with E-state index in [1.807, 2.05) is 0 Å². The van der Waals surface area contributed by atoms with Gasteiger partial charge in [-0.05, 0) is 23.8 Å². The first-order valence-corrected chi connectivity index (χ1v) is 9.05. The van der Waals surface area contributed by atoms with Gasteiger partial charge in [-0.15, -0.1) is 0 Å². The Balaban J connectivity index is 3.27. The zero-order valence-electron chi connectivity index (χ0n) is 11.5. The molecule has 16 heavy (non-hydrogen) atoms. The van der Waals surface area contributed by atoms with Crippen LogP contribution in [0.5, 0.6) is 0 Å². The van der Waals surface area contributed by atoms with Gasteiger partial charge in [0, 0.05) is 11.9 Å². The minimum Gasteiger partial charge on any atom is -0.423 e. The maximum absolute atomic E-state index is 5.90. The number of unbranched alkanes of at least 4 members (excludes halogenated alkanes) is 4. The standard InChI is InChI=1S/C13H29BrOSi/c1-12(2)13(3,4)16-15-11-9-7-5-6-8-10-14/h12H,5-11,16H2,1-4H3. The molecule has 0 heterocycles. The normalized spacial score (nSPS) is 13.1. The molecule has 0 fully saturated rings. The predicted octanol–water partition coefficient (Wildman–Crippen LogP) is 4.29. The molecule has 0 aliphatic heterocycles. The van der Waals surface area contributed by atoms with E-state index < -0.39 is 0 Å². The molecule has 3 heteroatoms. The van der Waals surface area contributed by atoms with Gasteiger partial charge >= 0.3 is 0 Å². The van der Waals surface area contributed by atoms with E-state index in [1.54, 1.807) is 0 Å². The van der Waals surface area contributed by atoms with Gasteiger partial charge in [-0.1, -0.05) is 62.9 Å². The van der Waals surface area contributed by atoms with Crippen molar-refractivity contribution >= 4 is 25.7 Å². The molecule has 0 radical (unpaired) electrons. The lowest BCUT2D eigenvalue weighted by Gasteiger charge is -2.28. The molecule has 0 spiro atoms. The van der Waals surface area contributed by atoms with Gasteiger partial charge in [-0.2, -0.15) is 0 Å². The second-order valence-electron chi connectivity index (χ2n) is 5.65. The van der Waals surface area contributed by atoms with Gasteiger partial charge in [-0.3, -0.25) is 0 Å². The van der Waals surface area contributed by atoms with Crippen LogP contribution in [0.25, 0.3) is 0 Å². The van der Waals surface area contributed by atoms with Crippen molar-refractivity contribution in [2.24, 2.45) is 5.92 Å². The van der Waals surface area contributed by atoms with Crippen LogP contribution in [-0.2, 0) is 4.43 Å². The van der Waals surface area contributed by atoms with E-state index in [0.29, 0.717) is 5.04 Å². The van der Waals surface area contributed by atoms with Crippen molar-refractivity contribution in [1.82, 2.24) is 0 Å². The van der Waals surface area contributed by atoms with Crippen molar-refractivity contribution in [3.05, 3.63) is 0 Å². The highest BCUT2D eigenvalue weighted by molar-refractivity contribution is 9.09. The molecule has 0 aromatic rings. The summed E-state index contributed by atoms with van der Waals surface area (Å²) in [6, 6.07) is 0. The summed E-state index contributed by atoms with van der Waals surface area (Å²) in [5.74, 6) is 0.748. The van der Waals surface area contributed by atoms with Crippen LogP contribution in [0.2, 0.25) is 5.04 Å². The van der Waals surface area contributed by atoms with Crippen molar-refractivity contribution in [2.75, 3.05) is 11.9 Å². The molecule has 0 amide bonds. The number of halogens is 1. The zero-order chi connectivity index (χ0) is 12.4. The zero-order valence-corrected chi connectivity index (χ0v) is 14.5. The highest BCUT2D eigenvalue weighted by atomic mass is 79.9. The largest absolute Gasteiger partial charge is 0.423 e. The topological polar surface area (TPSA) is 9.23 Å². The fraction of sp³-hybridized carbons (Fsp3) is 1.00. The molecule has 0 aliphatic rings. The third kappa shape index (κ3) is 8.77. The molecule has 0 atom stereocenters. The Labute approximate surface area is 113 Å². The molecule has 0 N–H and O–H groups in total. The lowest BCUT2D eigenvalue weighted by atomic mass is 9.99. The Morgan fingerprint density at radius 1 is 1.06 bits per heavy atom. The van der Waals surface area contributed by atoms with E-state index in [4.69, 9.17) is 4.43 Å². The van der Waals surface area contributed by atoms with Gasteiger partial charge in [0.25, 0.3) is 0 Å². The molecule has 98 valence electrons. The summed E-state index contributed by atoms with van der Waals surface area (Å²) < 4.78 is 5.90. The van der Waals surface area contributed by atoms with Crippen LogP contribution in [0.4, 0.5) is 0 Å². The van der Waals surface area contributed by atoms with Gasteiger partial charge in [0.1, 0.15) is 0 Å². The van der Waals surface area contributed by atoms with Crippen LogP contribution >= 0.6 is 15.9 Å². The van der Waals surface area contributed by atoms with E-state index in [9.17, 15) is 0 Å². The number of rotatable bonds is 10. The van der Waals surface area contributed by atoms with Crippen molar-refractivity contribution in [3.63, 3.8) is 0 Å². The van der Waals surface area contributed by atoms with Gasteiger partial charge in [-0.25, -0.2) is 0 Å². The highest BCUT2D eigenvalue weighted by Gasteiger charge is 2.23. The van der Waals surface area contributed by atoms with Crippen LogP contribution in [0.1, 0.15) is 59.8 Å². The summed E-state index contributed by atoms with van der Waals surface area (Å²) in [5, 5.41) is 1.61. The Hall–Kier alpha value is 0.657. The first-order valence-electron chi connectivity index (χ1n) is 6.64. The summed E-state index contributed by atoms with van der Waals surface area (Å²) in [6.45, 7) is 10.3. The van der Waals surface area contributed by atoms with Crippen LogP contribution in [0.15, 0.2) is 0 Å². The molecule has 0 aromatic heterocycles. The minimum absolute atomic E-state index is 0.360. The molecule has 0 saturated heterocycles. The number of hydrogen-bond donors (Lipinski definition) is 0. The van der Waals surface area contributed by atoms with Crippen molar-refractivity contribution in [1.29, 1.82) is 0 Å². The Morgan fingerprint density at radius 2 is 1.62 bits per heavy atom. The van der Waals surface area contributed by atoms with Gasteiger partial charge in [0.05, 0.1) is 0 Å². The predicted molar refractivity (Wildman–Crippen MR) is 80.3 cm³/mol. The quantitative estimate of drug-likeness (QED) is 0.332. The average molecular weight is 309 g/mol. The Kier molecular flexibility index (Phi) is 10.1. The van der Waals surface area contributed by atoms with E-state index in [-0.39, 0.29) is 9.76 Å². The summed E-state index contributed by atoms with van der Waals surface area (Å²) in [6.07, 6.45) is 6.63. The third-order valence-electron chi connectivity index (χ3n) is 3.46. The maximum Gasteiger partial charge on any atom is 0.167 e. The summed E-state index contributed by atoms with van der Waals surface area (Å²) in [7, 11) is -0.360. The van der Waals surface area contributed by atoms with Gasteiger partial charge in [0.2, 0.25) is 0 Å². The second-order valence-corrected chi connectivity index (χ2v) is 8.97. The van der Waals surface area contributed by atoms with Gasteiger partial charge < -0.3 is 4.43 Å². The molecule has 0 aliphatic carbocycles. The lowest BCUT2D eigenvalue weighted by Crippen LogP contribution is -2.22. The maximum atomic E-state index is 5.90. The van der Waals surface area contributed by atoms with E-state index in [2.05, 4.69) is 43.6 Å². The van der Waals surface area contributed by atoms with Crippen molar-refractivity contribution in [3.8, 4) is 0 Å². The molecular weight excluding hydrogens is 280 g/mol. The van der Waals surface area contributed by atoms with Crippen LogP contribution in [0, 0.1) is 5.92 Å². The fourth-order valence-corrected chi connectivity index (χ4v) is 2.94. The molecule has 1 nitrogen and oxygen atoms in total. The smallest absolute Gasteiger partial charge is 0.167 e. The average Bonchev–Trinajstić information content (AvgIpc) is 2.21. The third-order valence-corrected chi connectivity index (χ3v) is 6.07. The Bertz CT molecular complexity index is 160. The van der Waals surface area contributed by atoms with Crippen LogP contribution in [0.3, 0.4) is 0 Å². The van der Waals surface area contributed by atoms with E-state index in [0.717, 1.165) is 17.9 Å². The molecule has 0 rings (SSSR count). The van der Waals surface area contributed by atoms with Gasteiger partial charge in [0.15, 0.2) is 9.76 Å². The van der Waals surface area contributed by atoms with Crippen LogP contribution in [-0.4, -0.2) is 21.7 Å². The monoisotopic (exact) mass is 308 g/mol. The van der Waals surface area contributed by atoms with Crippen molar-refractivity contribution < 1.29 is 4.43 Å². The van der Waals surface area contributed by atoms with E-state index >= 15 is 0 Å². The Morgan fingerprint density at radius 3 is 2.19 bits per heavy atom. The summed E-state index contributed by atoms with van der Waals surface area (Å²) >= 11 is 3.46. The first-order chi connectivity index (χ1) is 7.50. The minimum atomic E-state index is -0.360. The fourth-order valence-electron chi connectivity index (χ4n) is 1.33. The van der Waals surface area contributed by atoms with E-state index in [1.165, 1.54) is 32.1 Å². The molecule has 0 unspecified atom stereocenters. The molecule has 0 bridgehead atoms. The summed E-state index contributed by atoms with van der Waals surface area (Å²) in [4.78, 5) is 0. The molecule has 0 saturated carbocycles. The highest BCUT2D eigenvalue weighted by Crippen LogP contribution is 2.32. The molecule has 0 aromatic carbocycles. The number of hydrogen-bond acceptors (Lipinski definition) is 1.